The van der Waals surface area contributed by atoms with Crippen LogP contribution in [0.15, 0.2) is 54.6 Å². The highest BCUT2D eigenvalue weighted by Gasteiger charge is 2.16. The van der Waals surface area contributed by atoms with Crippen molar-refractivity contribution in [1.82, 2.24) is 4.98 Å². The maximum atomic E-state index is 9.18. The van der Waals surface area contributed by atoms with Crippen molar-refractivity contribution >= 4 is 38.3 Å². The number of fused-ring (bicyclic) bond motifs is 5. The Morgan fingerprint density at radius 3 is 2.63 bits per heavy atom. The largest absolute Gasteiger partial charge is 0.394 e. The van der Waals surface area contributed by atoms with Crippen LogP contribution in [0.25, 0.3) is 37.6 Å². The predicted octanol–water partition coefficient (Wildman–Crippen LogP) is 4.96. The fourth-order valence-corrected chi connectivity index (χ4v) is 2.76. The van der Waals surface area contributed by atoms with Gasteiger partial charge >= 0.3 is 5.69 Å². The summed E-state index contributed by atoms with van der Waals surface area (Å²) in [5.41, 5.74) is 2.71. The molecule has 0 saturated heterocycles. The van der Waals surface area contributed by atoms with Crippen LogP contribution in [0.2, 0.25) is 0 Å². The van der Waals surface area contributed by atoms with Gasteiger partial charge in [0, 0.05) is 22.4 Å². The quantitative estimate of drug-likeness (QED) is 0.436. The van der Waals surface area contributed by atoms with E-state index in [0.717, 1.165) is 27.2 Å². The van der Waals surface area contributed by atoms with Gasteiger partial charge in [-0.05, 0) is 11.5 Å². The molecule has 0 unspecified atom stereocenters. The fourth-order valence-electron chi connectivity index (χ4n) is 2.76. The molecule has 1 aromatic heterocycles. The lowest BCUT2D eigenvalue weighted by atomic mass is 10.0. The minimum Gasteiger partial charge on any atom is -0.354 e. The van der Waals surface area contributed by atoms with E-state index in [4.69, 9.17) is 0 Å². The fraction of sp³-hybridized carbons (Fsp3) is 0. The molecule has 0 aliphatic heterocycles. The SMILES string of the molecule is N#[N+]c1cccc2ccc3c4ccccc4[nH]c3c12. The first-order valence-corrected chi connectivity index (χ1v) is 6.16. The van der Waals surface area contributed by atoms with Crippen molar-refractivity contribution in [3.05, 3.63) is 59.6 Å². The molecule has 0 bridgehead atoms. The Bertz CT molecular complexity index is 974. The number of hydrogen-bond acceptors (Lipinski definition) is 1. The normalized spacial score (nSPS) is 11.1. The Labute approximate surface area is 109 Å². The third-order valence-electron chi connectivity index (χ3n) is 3.61. The summed E-state index contributed by atoms with van der Waals surface area (Å²) in [6, 6.07) is 18.1. The molecule has 1 N–H and O–H groups in total. The number of rotatable bonds is 0. The lowest BCUT2D eigenvalue weighted by Crippen LogP contribution is -1.75. The van der Waals surface area contributed by atoms with Crippen molar-refractivity contribution in [1.29, 1.82) is 5.39 Å². The van der Waals surface area contributed by atoms with E-state index < -0.39 is 0 Å². The molecule has 1 heterocycles. The summed E-state index contributed by atoms with van der Waals surface area (Å²) < 4.78 is 0. The number of H-pyrrole nitrogens is 1. The van der Waals surface area contributed by atoms with E-state index in [1.165, 1.54) is 5.39 Å². The van der Waals surface area contributed by atoms with Gasteiger partial charge in [0.15, 0.2) is 4.98 Å². The molecule has 3 nitrogen and oxygen atoms in total. The minimum atomic E-state index is 0.592. The molecule has 19 heavy (non-hydrogen) atoms. The molecule has 0 radical (unpaired) electrons. The summed E-state index contributed by atoms with van der Waals surface area (Å²) in [6.45, 7) is 0. The molecule has 0 aliphatic rings. The van der Waals surface area contributed by atoms with E-state index in [2.05, 4.69) is 34.2 Å². The van der Waals surface area contributed by atoms with Crippen LogP contribution in [0.4, 0.5) is 5.69 Å². The van der Waals surface area contributed by atoms with Crippen molar-refractivity contribution in [2.75, 3.05) is 0 Å². The predicted molar refractivity (Wildman–Crippen MR) is 78.1 cm³/mol. The van der Waals surface area contributed by atoms with Crippen LogP contribution in [-0.2, 0) is 0 Å². The van der Waals surface area contributed by atoms with Gasteiger partial charge in [-0.15, -0.1) is 0 Å². The second-order valence-electron chi connectivity index (χ2n) is 4.63. The van der Waals surface area contributed by atoms with Crippen LogP contribution in [0.5, 0.6) is 0 Å². The van der Waals surface area contributed by atoms with Crippen LogP contribution in [-0.4, -0.2) is 4.98 Å². The molecule has 0 fully saturated rings. The second kappa shape index (κ2) is 3.56. The molecule has 0 aliphatic carbocycles. The van der Waals surface area contributed by atoms with Gasteiger partial charge in [-0.25, -0.2) is 0 Å². The van der Waals surface area contributed by atoms with Crippen molar-refractivity contribution in [2.45, 2.75) is 0 Å². The highest BCUT2D eigenvalue weighted by Crippen LogP contribution is 2.35. The van der Waals surface area contributed by atoms with E-state index in [9.17, 15) is 5.39 Å². The number of benzene rings is 3. The van der Waals surface area contributed by atoms with Gasteiger partial charge in [0.1, 0.15) is 5.39 Å². The zero-order valence-corrected chi connectivity index (χ0v) is 10.1. The smallest absolute Gasteiger partial charge is 0.354 e. The topological polar surface area (TPSA) is 43.9 Å². The van der Waals surface area contributed by atoms with E-state index in [-0.39, 0.29) is 0 Å². The second-order valence-corrected chi connectivity index (χ2v) is 4.63. The summed E-state index contributed by atoms with van der Waals surface area (Å²) in [6.07, 6.45) is 0. The van der Waals surface area contributed by atoms with Gasteiger partial charge in [0.05, 0.1) is 5.52 Å². The van der Waals surface area contributed by atoms with Gasteiger partial charge in [-0.3, -0.25) is 0 Å². The molecule has 0 saturated carbocycles. The van der Waals surface area contributed by atoms with Gasteiger partial charge in [0.25, 0.3) is 0 Å². The third-order valence-corrected chi connectivity index (χ3v) is 3.61. The van der Waals surface area contributed by atoms with Crippen LogP contribution < -0.4 is 0 Å². The molecule has 3 heteroatoms. The number of nitrogens with one attached hydrogen (secondary N) is 1. The molecule has 4 rings (SSSR count). The molecule has 88 valence electrons. The van der Waals surface area contributed by atoms with Crippen molar-refractivity contribution in [3.8, 4) is 0 Å². The monoisotopic (exact) mass is 244 g/mol. The summed E-state index contributed by atoms with van der Waals surface area (Å²) >= 11 is 0. The molecule has 3 aromatic carbocycles. The van der Waals surface area contributed by atoms with Crippen LogP contribution in [0.1, 0.15) is 0 Å². The van der Waals surface area contributed by atoms with E-state index in [1.54, 1.807) is 0 Å². The number of hydrogen-bond donors (Lipinski definition) is 1. The number of diazo groups is 1. The maximum Gasteiger partial charge on any atom is 0.394 e. The summed E-state index contributed by atoms with van der Waals surface area (Å²) in [7, 11) is 0. The standard InChI is InChI=1S/C16H10N3/c17-19-14-7-3-4-10-8-9-12-11-5-1-2-6-13(11)18-16(12)15(10)14/h1-9,18H/q+1. The molecule has 0 amide bonds. The Hall–Kier alpha value is -2.86. The Kier molecular flexibility index (Phi) is 1.89. The van der Waals surface area contributed by atoms with Crippen LogP contribution in [0, 0.1) is 5.39 Å². The summed E-state index contributed by atoms with van der Waals surface area (Å²) in [5.74, 6) is 0. The number of aromatic nitrogens is 1. The van der Waals surface area contributed by atoms with Crippen LogP contribution in [0.3, 0.4) is 0 Å². The highest BCUT2D eigenvalue weighted by atomic mass is 14.9. The molecule has 4 aromatic rings. The summed E-state index contributed by atoms with van der Waals surface area (Å²) in [4.78, 5) is 6.82. The Balaban J connectivity index is 2.35. The van der Waals surface area contributed by atoms with Crippen molar-refractivity contribution in [2.24, 2.45) is 0 Å². The number of para-hydroxylation sites is 1. The zero-order valence-electron chi connectivity index (χ0n) is 10.1. The van der Waals surface area contributed by atoms with E-state index in [1.807, 2.05) is 30.3 Å². The van der Waals surface area contributed by atoms with Gasteiger partial charge < -0.3 is 4.98 Å². The number of aromatic amines is 1. The van der Waals surface area contributed by atoms with E-state index >= 15 is 0 Å². The third kappa shape index (κ3) is 1.28. The molecular weight excluding hydrogens is 234 g/mol. The Morgan fingerprint density at radius 1 is 0.842 bits per heavy atom. The Morgan fingerprint density at radius 2 is 1.74 bits per heavy atom. The maximum absolute atomic E-state index is 9.18. The molecule has 0 spiro atoms. The van der Waals surface area contributed by atoms with E-state index in [0.29, 0.717) is 5.69 Å². The highest BCUT2D eigenvalue weighted by molar-refractivity contribution is 6.20. The van der Waals surface area contributed by atoms with Crippen LogP contribution >= 0.6 is 0 Å². The van der Waals surface area contributed by atoms with Gasteiger partial charge in [-0.2, -0.15) is 0 Å². The first-order valence-electron chi connectivity index (χ1n) is 6.16. The van der Waals surface area contributed by atoms with Crippen molar-refractivity contribution in [3.63, 3.8) is 0 Å². The van der Waals surface area contributed by atoms with Gasteiger partial charge in [-0.1, -0.05) is 42.5 Å². The average molecular weight is 244 g/mol. The number of nitrogens with zero attached hydrogens (tertiary/aromatic N) is 2. The first kappa shape index (κ1) is 10.1. The zero-order chi connectivity index (χ0) is 12.8. The summed E-state index contributed by atoms with van der Waals surface area (Å²) in [5, 5.41) is 13.5. The lowest BCUT2D eigenvalue weighted by molar-refractivity contribution is 1.47. The van der Waals surface area contributed by atoms with Crippen molar-refractivity contribution < 1.29 is 0 Å². The average Bonchev–Trinajstić information content (AvgIpc) is 2.85. The first-order chi connectivity index (χ1) is 9.38. The molecule has 0 atom stereocenters. The molecular formula is C16H10N3+. The van der Waals surface area contributed by atoms with Gasteiger partial charge in [0.2, 0.25) is 5.39 Å². The lowest BCUT2D eigenvalue weighted by Gasteiger charge is -1.96. The minimum absolute atomic E-state index is 0.592.